The summed E-state index contributed by atoms with van der Waals surface area (Å²) >= 11 is 0. The van der Waals surface area contributed by atoms with Crippen LogP contribution in [0.3, 0.4) is 0 Å². The Morgan fingerprint density at radius 3 is 2.25 bits per heavy atom. The molecule has 0 atom stereocenters. The molecule has 0 aromatic heterocycles. The lowest BCUT2D eigenvalue weighted by molar-refractivity contribution is -0.117. The molecule has 0 fully saturated rings. The number of nitrogens with zero attached hydrogens (tertiary/aromatic N) is 1. The third-order valence-electron chi connectivity index (χ3n) is 2.46. The molecule has 0 rings (SSSR count). The number of amides is 1. The molecule has 0 bridgehead atoms. The van der Waals surface area contributed by atoms with Crippen LogP contribution in [-0.2, 0) is 4.79 Å². The number of unbranched alkanes of at least 4 members (excludes halogenated alkanes) is 4. The van der Waals surface area contributed by atoms with Gasteiger partial charge < -0.3 is 10.2 Å². The maximum atomic E-state index is 11.1. The minimum Gasteiger partial charge on any atom is -0.352 e. The van der Waals surface area contributed by atoms with Crippen LogP contribution in [0.5, 0.6) is 0 Å². The summed E-state index contributed by atoms with van der Waals surface area (Å²) in [6.07, 6.45) is 6.08. The van der Waals surface area contributed by atoms with Gasteiger partial charge in [0, 0.05) is 12.1 Å². The molecular weight excluding hydrogens is 200 g/mol. The fourth-order valence-electron chi connectivity index (χ4n) is 1.44. The van der Waals surface area contributed by atoms with Gasteiger partial charge in [-0.1, -0.05) is 25.8 Å². The highest BCUT2D eigenvalue weighted by molar-refractivity contribution is 5.91. The van der Waals surface area contributed by atoms with Crippen LogP contribution in [0.1, 0.15) is 39.0 Å². The molecule has 16 heavy (non-hydrogen) atoms. The Bertz CT molecular complexity index is 212. The first-order valence-electron chi connectivity index (χ1n) is 6.12. The van der Waals surface area contributed by atoms with Gasteiger partial charge in [-0.3, -0.25) is 4.79 Å². The van der Waals surface area contributed by atoms with Crippen LogP contribution in [-0.4, -0.2) is 38.0 Å². The van der Waals surface area contributed by atoms with E-state index in [0.717, 1.165) is 13.0 Å². The molecule has 94 valence electrons. The second-order valence-corrected chi connectivity index (χ2v) is 4.61. The Morgan fingerprint density at radius 2 is 1.69 bits per heavy atom. The lowest BCUT2D eigenvalue weighted by Gasteiger charge is -2.08. The van der Waals surface area contributed by atoms with Crippen LogP contribution in [0.15, 0.2) is 12.2 Å². The van der Waals surface area contributed by atoms with Crippen molar-refractivity contribution in [2.45, 2.75) is 39.0 Å². The molecule has 0 aliphatic rings. The second kappa shape index (κ2) is 9.40. The van der Waals surface area contributed by atoms with Gasteiger partial charge in [0.2, 0.25) is 5.91 Å². The Kier molecular flexibility index (Phi) is 8.91. The molecule has 0 aromatic carbocycles. The van der Waals surface area contributed by atoms with Gasteiger partial charge in [0.1, 0.15) is 0 Å². The Hall–Kier alpha value is -0.830. The summed E-state index contributed by atoms with van der Waals surface area (Å²) in [5.41, 5.74) is 0.589. The van der Waals surface area contributed by atoms with Gasteiger partial charge in [0.05, 0.1) is 0 Å². The van der Waals surface area contributed by atoms with Crippen LogP contribution >= 0.6 is 0 Å². The van der Waals surface area contributed by atoms with E-state index in [9.17, 15) is 4.79 Å². The minimum absolute atomic E-state index is 0.0207. The van der Waals surface area contributed by atoms with Gasteiger partial charge in [-0.2, -0.15) is 0 Å². The highest BCUT2D eigenvalue weighted by Gasteiger charge is 1.99. The standard InChI is InChI=1S/C13H26N2O/c1-12(2)13(16)14-10-8-6-5-7-9-11-15(3)4/h1,5-11H2,2-4H3,(H,14,16). The number of rotatable bonds is 9. The van der Waals surface area contributed by atoms with E-state index in [4.69, 9.17) is 0 Å². The molecule has 0 aliphatic carbocycles. The van der Waals surface area contributed by atoms with Gasteiger partial charge in [-0.25, -0.2) is 0 Å². The summed E-state index contributed by atoms with van der Waals surface area (Å²) in [6, 6.07) is 0. The molecule has 0 saturated heterocycles. The summed E-state index contributed by atoms with van der Waals surface area (Å²) in [5.74, 6) is -0.0207. The number of carbonyl (C=O) groups excluding carboxylic acids is 1. The minimum atomic E-state index is -0.0207. The quantitative estimate of drug-likeness (QED) is 0.483. The Labute approximate surface area is 99.9 Å². The van der Waals surface area contributed by atoms with Crippen molar-refractivity contribution in [3.05, 3.63) is 12.2 Å². The summed E-state index contributed by atoms with van der Waals surface area (Å²) in [7, 11) is 4.21. The van der Waals surface area contributed by atoms with Crippen molar-refractivity contribution in [2.75, 3.05) is 27.2 Å². The van der Waals surface area contributed by atoms with Crippen molar-refractivity contribution >= 4 is 5.91 Å². The van der Waals surface area contributed by atoms with E-state index in [-0.39, 0.29) is 5.91 Å². The smallest absolute Gasteiger partial charge is 0.246 e. The first-order valence-corrected chi connectivity index (χ1v) is 6.12. The van der Waals surface area contributed by atoms with Crippen LogP contribution in [0.2, 0.25) is 0 Å². The first-order chi connectivity index (χ1) is 7.54. The van der Waals surface area contributed by atoms with E-state index in [1.54, 1.807) is 6.92 Å². The molecule has 0 aromatic rings. The predicted molar refractivity (Wildman–Crippen MR) is 69.5 cm³/mol. The summed E-state index contributed by atoms with van der Waals surface area (Å²) in [6.45, 7) is 7.28. The second-order valence-electron chi connectivity index (χ2n) is 4.61. The van der Waals surface area contributed by atoms with Crippen molar-refractivity contribution in [2.24, 2.45) is 0 Å². The molecule has 3 nitrogen and oxygen atoms in total. The Morgan fingerprint density at radius 1 is 1.12 bits per heavy atom. The number of carbonyl (C=O) groups is 1. The van der Waals surface area contributed by atoms with Gasteiger partial charge in [0.15, 0.2) is 0 Å². The summed E-state index contributed by atoms with van der Waals surface area (Å²) in [4.78, 5) is 13.4. The van der Waals surface area contributed by atoms with E-state index in [1.165, 1.54) is 32.2 Å². The van der Waals surface area contributed by atoms with Crippen molar-refractivity contribution in [1.29, 1.82) is 0 Å². The number of hydrogen-bond acceptors (Lipinski definition) is 2. The third-order valence-corrected chi connectivity index (χ3v) is 2.46. The van der Waals surface area contributed by atoms with Crippen molar-refractivity contribution in [3.63, 3.8) is 0 Å². The zero-order valence-electron chi connectivity index (χ0n) is 11.0. The molecule has 0 unspecified atom stereocenters. The number of hydrogen-bond donors (Lipinski definition) is 1. The molecule has 0 saturated carbocycles. The summed E-state index contributed by atoms with van der Waals surface area (Å²) < 4.78 is 0. The molecule has 0 aliphatic heterocycles. The molecular formula is C13H26N2O. The normalized spacial score (nSPS) is 10.5. The van der Waals surface area contributed by atoms with Crippen LogP contribution in [0.25, 0.3) is 0 Å². The zero-order valence-corrected chi connectivity index (χ0v) is 11.0. The first kappa shape index (κ1) is 15.2. The lowest BCUT2D eigenvalue weighted by atomic mass is 10.1. The molecule has 1 N–H and O–H groups in total. The molecule has 0 heterocycles. The highest BCUT2D eigenvalue weighted by atomic mass is 16.1. The number of nitrogens with one attached hydrogen (secondary N) is 1. The average molecular weight is 226 g/mol. The van der Waals surface area contributed by atoms with Gasteiger partial charge in [-0.15, -0.1) is 0 Å². The van der Waals surface area contributed by atoms with Crippen LogP contribution in [0, 0.1) is 0 Å². The van der Waals surface area contributed by atoms with Gasteiger partial charge >= 0.3 is 0 Å². The van der Waals surface area contributed by atoms with Crippen molar-refractivity contribution in [1.82, 2.24) is 10.2 Å². The molecule has 0 spiro atoms. The van der Waals surface area contributed by atoms with E-state index in [0.29, 0.717) is 5.57 Å². The van der Waals surface area contributed by atoms with Crippen molar-refractivity contribution in [3.8, 4) is 0 Å². The highest BCUT2D eigenvalue weighted by Crippen LogP contribution is 2.02. The average Bonchev–Trinajstić information content (AvgIpc) is 2.21. The maximum Gasteiger partial charge on any atom is 0.246 e. The van der Waals surface area contributed by atoms with Gasteiger partial charge in [-0.05, 0) is 40.4 Å². The molecule has 1 amide bonds. The fraction of sp³-hybridized carbons (Fsp3) is 0.769. The van der Waals surface area contributed by atoms with E-state index >= 15 is 0 Å². The molecule has 0 radical (unpaired) electrons. The van der Waals surface area contributed by atoms with Crippen molar-refractivity contribution < 1.29 is 4.79 Å². The van der Waals surface area contributed by atoms with E-state index in [1.807, 2.05) is 0 Å². The van der Waals surface area contributed by atoms with E-state index in [2.05, 4.69) is 30.9 Å². The fourth-order valence-corrected chi connectivity index (χ4v) is 1.44. The van der Waals surface area contributed by atoms with Crippen LogP contribution in [0.4, 0.5) is 0 Å². The predicted octanol–water partition coefficient (Wildman–Crippen LogP) is 2.19. The summed E-state index contributed by atoms with van der Waals surface area (Å²) in [5, 5.41) is 2.84. The largest absolute Gasteiger partial charge is 0.352 e. The monoisotopic (exact) mass is 226 g/mol. The van der Waals surface area contributed by atoms with Crippen LogP contribution < -0.4 is 5.32 Å². The molecule has 3 heteroatoms. The topological polar surface area (TPSA) is 32.3 Å². The maximum absolute atomic E-state index is 11.1. The SMILES string of the molecule is C=C(C)C(=O)NCCCCCCCN(C)C. The third kappa shape index (κ3) is 9.71. The van der Waals surface area contributed by atoms with Gasteiger partial charge in [0.25, 0.3) is 0 Å². The van der Waals surface area contributed by atoms with E-state index < -0.39 is 0 Å². The Balaban J connectivity index is 3.16. The zero-order chi connectivity index (χ0) is 12.4. The lowest BCUT2D eigenvalue weighted by Crippen LogP contribution is -2.24.